The minimum atomic E-state index is 0.313. The normalized spacial score (nSPS) is 15.1. The van der Waals surface area contributed by atoms with E-state index in [1.165, 1.54) is 27.1 Å². The van der Waals surface area contributed by atoms with Crippen molar-refractivity contribution in [3.05, 3.63) is 64.7 Å². The molecule has 1 fully saturated rings. The zero-order chi connectivity index (χ0) is 21.9. The molecular weight excluding hydrogens is 406 g/mol. The van der Waals surface area contributed by atoms with Crippen molar-refractivity contribution >= 4 is 17.7 Å². The van der Waals surface area contributed by atoms with Gasteiger partial charge >= 0.3 is 0 Å². The maximum Gasteiger partial charge on any atom is 0.191 e. The lowest BCUT2D eigenvalue weighted by Crippen LogP contribution is -2.36. The Labute approximate surface area is 191 Å². The van der Waals surface area contributed by atoms with Crippen LogP contribution >= 0.6 is 11.8 Å². The van der Waals surface area contributed by atoms with Crippen LogP contribution in [0.1, 0.15) is 42.0 Å². The molecule has 0 unspecified atom stereocenters. The molecule has 168 valence electrons. The van der Waals surface area contributed by atoms with E-state index in [0.717, 1.165) is 45.1 Å². The molecule has 0 atom stereocenters. The van der Waals surface area contributed by atoms with Gasteiger partial charge in [0.15, 0.2) is 5.96 Å². The first kappa shape index (κ1) is 23.6. The topological polar surface area (TPSA) is 54.9 Å². The second-order valence-electron chi connectivity index (χ2n) is 7.81. The number of guanidine groups is 1. The summed E-state index contributed by atoms with van der Waals surface area (Å²) in [5.41, 5.74) is 4.96. The molecule has 1 aliphatic heterocycles. The van der Waals surface area contributed by atoms with Gasteiger partial charge in [-0.15, -0.1) is 11.8 Å². The van der Waals surface area contributed by atoms with Gasteiger partial charge in [0.2, 0.25) is 0 Å². The third kappa shape index (κ3) is 7.87. The van der Waals surface area contributed by atoms with Crippen LogP contribution in [0.2, 0.25) is 0 Å². The fourth-order valence-electron chi connectivity index (χ4n) is 3.56. The second kappa shape index (κ2) is 12.7. The number of rotatable bonds is 9. The lowest BCUT2D eigenvalue weighted by molar-refractivity contribution is -0.0390. The first-order valence-corrected chi connectivity index (χ1v) is 12.3. The average molecular weight is 442 g/mol. The third-order valence-electron chi connectivity index (χ3n) is 5.30. The number of benzene rings is 2. The first-order chi connectivity index (χ1) is 15.2. The van der Waals surface area contributed by atoms with E-state index in [1.54, 1.807) is 11.8 Å². The number of nitrogens with one attached hydrogen (secondary N) is 2. The Morgan fingerprint density at radius 3 is 2.71 bits per heavy atom. The Morgan fingerprint density at radius 1 is 1.13 bits per heavy atom. The monoisotopic (exact) mass is 441 g/mol. The molecule has 0 amide bonds. The van der Waals surface area contributed by atoms with Crippen LogP contribution in [0.5, 0.6) is 0 Å². The van der Waals surface area contributed by atoms with Gasteiger partial charge in [0.25, 0.3) is 0 Å². The molecule has 0 aromatic heterocycles. The Balaban J connectivity index is 1.57. The summed E-state index contributed by atoms with van der Waals surface area (Å²) >= 11 is 1.78. The standard InChI is InChI=1S/C25H35N3O2S/c1-4-26-25(28-17-22-9-8-19(2)14-24(22)31-3)27-16-20-6-5-7-21(15-20)18-30-23-10-12-29-13-11-23/h5-9,14-15,23H,4,10-13,16-18H2,1-3H3,(H2,26,27,28). The van der Waals surface area contributed by atoms with Gasteiger partial charge in [-0.05, 0) is 61.3 Å². The molecule has 2 aromatic carbocycles. The van der Waals surface area contributed by atoms with Gasteiger partial charge in [0.1, 0.15) is 0 Å². The van der Waals surface area contributed by atoms with Crippen LogP contribution in [0.3, 0.4) is 0 Å². The number of nitrogens with zero attached hydrogens (tertiary/aromatic N) is 1. The van der Waals surface area contributed by atoms with E-state index in [9.17, 15) is 0 Å². The fourth-order valence-corrected chi connectivity index (χ4v) is 4.27. The minimum absolute atomic E-state index is 0.313. The predicted octanol–water partition coefficient (Wildman–Crippen LogP) is 4.67. The van der Waals surface area contributed by atoms with Gasteiger partial charge < -0.3 is 20.1 Å². The molecule has 2 N–H and O–H groups in total. The molecular formula is C25H35N3O2S. The van der Waals surface area contributed by atoms with Crippen molar-refractivity contribution in [1.29, 1.82) is 0 Å². The molecule has 6 heteroatoms. The van der Waals surface area contributed by atoms with E-state index in [-0.39, 0.29) is 0 Å². The Bertz CT molecular complexity index is 850. The van der Waals surface area contributed by atoms with Crippen LogP contribution in [0.15, 0.2) is 52.4 Å². The number of hydrogen-bond donors (Lipinski definition) is 2. The number of ether oxygens (including phenoxy) is 2. The molecule has 1 heterocycles. The van der Waals surface area contributed by atoms with Crippen LogP contribution in [0.4, 0.5) is 0 Å². The SMILES string of the molecule is CCNC(=NCc1cccc(COC2CCOCC2)c1)NCc1ccc(C)cc1SC. The molecule has 1 saturated heterocycles. The van der Waals surface area contributed by atoms with Gasteiger partial charge in [0.05, 0.1) is 19.3 Å². The van der Waals surface area contributed by atoms with Gasteiger partial charge in [-0.3, -0.25) is 0 Å². The molecule has 0 bridgehead atoms. The molecule has 5 nitrogen and oxygen atoms in total. The van der Waals surface area contributed by atoms with Crippen LogP contribution in [0.25, 0.3) is 0 Å². The van der Waals surface area contributed by atoms with Crippen molar-refractivity contribution in [2.45, 2.75) is 57.4 Å². The Kier molecular flexibility index (Phi) is 9.72. The maximum atomic E-state index is 6.06. The first-order valence-electron chi connectivity index (χ1n) is 11.1. The van der Waals surface area contributed by atoms with Gasteiger partial charge in [0, 0.05) is 31.2 Å². The van der Waals surface area contributed by atoms with Crippen LogP contribution in [0, 0.1) is 6.92 Å². The average Bonchev–Trinajstić information content (AvgIpc) is 2.81. The van der Waals surface area contributed by atoms with Crippen LogP contribution in [-0.2, 0) is 29.2 Å². The highest BCUT2D eigenvalue weighted by Crippen LogP contribution is 2.21. The molecule has 1 aliphatic rings. The predicted molar refractivity (Wildman–Crippen MR) is 130 cm³/mol. The summed E-state index contributed by atoms with van der Waals surface area (Å²) in [5, 5.41) is 6.82. The van der Waals surface area contributed by atoms with E-state index in [0.29, 0.717) is 19.3 Å². The largest absolute Gasteiger partial charge is 0.381 e. The maximum absolute atomic E-state index is 6.06. The number of thioether (sulfide) groups is 1. The van der Waals surface area contributed by atoms with E-state index >= 15 is 0 Å². The summed E-state index contributed by atoms with van der Waals surface area (Å²) in [6, 6.07) is 15.1. The molecule has 0 aliphatic carbocycles. The molecule has 0 radical (unpaired) electrons. The van der Waals surface area contributed by atoms with Crippen molar-refractivity contribution < 1.29 is 9.47 Å². The van der Waals surface area contributed by atoms with Crippen molar-refractivity contribution in [2.75, 3.05) is 26.0 Å². The van der Waals surface area contributed by atoms with Gasteiger partial charge in [-0.25, -0.2) is 4.99 Å². The molecule has 0 spiro atoms. The van der Waals surface area contributed by atoms with Crippen LogP contribution in [-0.4, -0.2) is 38.1 Å². The summed E-state index contributed by atoms with van der Waals surface area (Å²) in [6.45, 7) is 8.68. The van der Waals surface area contributed by atoms with E-state index < -0.39 is 0 Å². The minimum Gasteiger partial charge on any atom is -0.381 e. The van der Waals surface area contributed by atoms with Crippen molar-refractivity contribution in [3.63, 3.8) is 0 Å². The quantitative estimate of drug-likeness (QED) is 0.337. The lowest BCUT2D eigenvalue weighted by atomic mass is 10.1. The highest BCUT2D eigenvalue weighted by atomic mass is 32.2. The summed E-state index contributed by atoms with van der Waals surface area (Å²) < 4.78 is 11.5. The highest BCUT2D eigenvalue weighted by Gasteiger charge is 2.14. The van der Waals surface area contributed by atoms with Gasteiger partial charge in [-0.2, -0.15) is 0 Å². The van der Waals surface area contributed by atoms with E-state index in [2.05, 4.69) is 73.2 Å². The van der Waals surface area contributed by atoms with Gasteiger partial charge in [-0.1, -0.05) is 36.4 Å². The zero-order valence-electron chi connectivity index (χ0n) is 18.9. The van der Waals surface area contributed by atoms with Crippen molar-refractivity contribution in [1.82, 2.24) is 10.6 Å². The Hall–Kier alpha value is -2.02. The summed E-state index contributed by atoms with van der Waals surface area (Å²) in [4.78, 5) is 6.10. The zero-order valence-corrected chi connectivity index (χ0v) is 19.8. The second-order valence-corrected chi connectivity index (χ2v) is 8.65. The number of aliphatic imine (C=N–C) groups is 1. The fraction of sp³-hybridized carbons (Fsp3) is 0.480. The van der Waals surface area contributed by atoms with Crippen LogP contribution < -0.4 is 10.6 Å². The molecule has 3 rings (SSSR count). The Morgan fingerprint density at radius 2 is 1.94 bits per heavy atom. The highest BCUT2D eigenvalue weighted by molar-refractivity contribution is 7.98. The third-order valence-corrected chi connectivity index (χ3v) is 6.12. The smallest absolute Gasteiger partial charge is 0.191 e. The van der Waals surface area contributed by atoms with E-state index in [4.69, 9.17) is 14.5 Å². The molecule has 0 saturated carbocycles. The summed E-state index contributed by atoms with van der Waals surface area (Å²) in [6.07, 6.45) is 4.41. The van der Waals surface area contributed by atoms with E-state index in [1.807, 2.05) is 0 Å². The lowest BCUT2D eigenvalue weighted by Gasteiger charge is -2.22. The van der Waals surface area contributed by atoms with Crippen molar-refractivity contribution in [2.24, 2.45) is 4.99 Å². The summed E-state index contributed by atoms with van der Waals surface area (Å²) in [7, 11) is 0. The summed E-state index contributed by atoms with van der Waals surface area (Å²) in [5.74, 6) is 0.832. The van der Waals surface area contributed by atoms with Crippen molar-refractivity contribution in [3.8, 4) is 0 Å². The molecule has 2 aromatic rings. The molecule has 31 heavy (non-hydrogen) atoms. The number of aryl methyl sites for hydroxylation is 1. The number of hydrogen-bond acceptors (Lipinski definition) is 4.